The number of halogens is 1. The quantitative estimate of drug-likeness (QED) is 0.782. The molecule has 2 heterocycles. The second kappa shape index (κ2) is 8.84. The number of carbonyl (C=O) groups is 2. The lowest BCUT2D eigenvalue weighted by atomic mass is 10.2. The van der Waals surface area contributed by atoms with Crippen LogP contribution in [0.3, 0.4) is 0 Å². The molecule has 1 aromatic carbocycles. The van der Waals surface area contributed by atoms with Crippen LogP contribution in [0.15, 0.2) is 24.3 Å². The van der Waals surface area contributed by atoms with Crippen LogP contribution in [0.1, 0.15) is 23.2 Å². The Balaban J connectivity index is 1.59. The minimum atomic E-state index is -0.0674. The molecule has 142 valence electrons. The van der Waals surface area contributed by atoms with Crippen LogP contribution in [0, 0.1) is 0 Å². The van der Waals surface area contributed by atoms with Crippen LogP contribution >= 0.6 is 11.6 Å². The smallest absolute Gasteiger partial charge is 0.255 e. The molecule has 3 rings (SSSR count). The number of hydrogen-bond acceptors (Lipinski definition) is 4. The van der Waals surface area contributed by atoms with Crippen molar-refractivity contribution >= 4 is 23.4 Å². The zero-order chi connectivity index (χ0) is 18.5. The van der Waals surface area contributed by atoms with Crippen LogP contribution in [0.4, 0.5) is 0 Å². The van der Waals surface area contributed by atoms with E-state index < -0.39 is 0 Å². The van der Waals surface area contributed by atoms with E-state index in [1.807, 2.05) is 21.9 Å². The SMILES string of the molecule is COCCN1CCC(N2CCCN(C(=O)c3ccccc3Cl)CC2)C1=O. The summed E-state index contributed by atoms with van der Waals surface area (Å²) in [7, 11) is 1.65. The fraction of sp³-hybridized carbons (Fsp3) is 0.579. The predicted octanol–water partition coefficient (Wildman–Crippen LogP) is 1.74. The largest absolute Gasteiger partial charge is 0.383 e. The molecule has 2 fully saturated rings. The maximum atomic E-state index is 12.8. The minimum absolute atomic E-state index is 0.0306. The van der Waals surface area contributed by atoms with Crippen molar-refractivity contribution in [3.63, 3.8) is 0 Å². The molecule has 0 aromatic heterocycles. The molecule has 0 bridgehead atoms. The summed E-state index contributed by atoms with van der Waals surface area (Å²) in [5.41, 5.74) is 0.547. The molecule has 1 atom stereocenters. The van der Waals surface area contributed by atoms with Crippen molar-refractivity contribution in [1.29, 1.82) is 0 Å². The van der Waals surface area contributed by atoms with Gasteiger partial charge in [0, 0.05) is 46.4 Å². The highest BCUT2D eigenvalue weighted by molar-refractivity contribution is 6.33. The van der Waals surface area contributed by atoms with E-state index in [1.54, 1.807) is 19.2 Å². The summed E-state index contributed by atoms with van der Waals surface area (Å²) in [5, 5.41) is 0.485. The first-order valence-electron chi connectivity index (χ1n) is 9.17. The third kappa shape index (κ3) is 4.19. The molecule has 0 N–H and O–H groups in total. The second-order valence-corrected chi connectivity index (χ2v) is 7.19. The molecule has 6 nitrogen and oxygen atoms in total. The van der Waals surface area contributed by atoms with Crippen LogP contribution in [0.2, 0.25) is 5.02 Å². The summed E-state index contributed by atoms with van der Waals surface area (Å²) >= 11 is 6.17. The molecule has 2 amide bonds. The summed E-state index contributed by atoms with van der Waals surface area (Å²) in [5.74, 6) is 0.157. The number of amides is 2. The molecule has 0 aliphatic carbocycles. The molecule has 1 aromatic rings. The summed E-state index contributed by atoms with van der Waals surface area (Å²) in [4.78, 5) is 31.4. The van der Waals surface area contributed by atoms with Gasteiger partial charge in [0.15, 0.2) is 0 Å². The van der Waals surface area contributed by atoms with Gasteiger partial charge in [0.05, 0.1) is 23.2 Å². The van der Waals surface area contributed by atoms with Gasteiger partial charge >= 0.3 is 0 Å². The zero-order valence-corrected chi connectivity index (χ0v) is 16.0. The Morgan fingerprint density at radius 3 is 2.77 bits per heavy atom. The second-order valence-electron chi connectivity index (χ2n) is 6.78. The average Bonchev–Trinajstić information content (AvgIpc) is 2.85. The van der Waals surface area contributed by atoms with E-state index in [4.69, 9.17) is 16.3 Å². The van der Waals surface area contributed by atoms with Crippen LogP contribution in [0.25, 0.3) is 0 Å². The zero-order valence-electron chi connectivity index (χ0n) is 15.2. The first-order valence-corrected chi connectivity index (χ1v) is 9.55. The van der Waals surface area contributed by atoms with E-state index in [9.17, 15) is 9.59 Å². The molecule has 1 unspecified atom stereocenters. The van der Waals surface area contributed by atoms with Crippen LogP contribution in [-0.4, -0.2) is 85.5 Å². The average molecular weight is 380 g/mol. The molecule has 7 heteroatoms. The van der Waals surface area contributed by atoms with Gasteiger partial charge in [-0.25, -0.2) is 0 Å². The van der Waals surface area contributed by atoms with Crippen molar-refractivity contribution in [2.75, 3.05) is 53.0 Å². The lowest BCUT2D eigenvalue weighted by Crippen LogP contribution is -2.44. The fourth-order valence-electron chi connectivity index (χ4n) is 3.74. The Morgan fingerprint density at radius 1 is 1.19 bits per heavy atom. The minimum Gasteiger partial charge on any atom is -0.383 e. The summed E-state index contributed by atoms with van der Waals surface area (Å²) in [6.45, 7) is 4.85. The number of methoxy groups -OCH3 is 1. The lowest BCUT2D eigenvalue weighted by molar-refractivity contribution is -0.132. The highest BCUT2D eigenvalue weighted by Gasteiger charge is 2.36. The Hall–Kier alpha value is -1.63. The van der Waals surface area contributed by atoms with Crippen LogP contribution in [0.5, 0.6) is 0 Å². The molecule has 2 aliphatic heterocycles. The van der Waals surface area contributed by atoms with Crippen molar-refractivity contribution in [3.05, 3.63) is 34.9 Å². The normalized spacial score (nSPS) is 21.9. The van der Waals surface area contributed by atoms with E-state index >= 15 is 0 Å². The molecular formula is C19H26ClN3O3. The van der Waals surface area contributed by atoms with Crippen molar-refractivity contribution < 1.29 is 14.3 Å². The van der Waals surface area contributed by atoms with E-state index in [0.717, 1.165) is 25.9 Å². The lowest BCUT2D eigenvalue weighted by Gasteiger charge is -2.26. The van der Waals surface area contributed by atoms with Crippen molar-refractivity contribution in [1.82, 2.24) is 14.7 Å². The fourth-order valence-corrected chi connectivity index (χ4v) is 3.96. The van der Waals surface area contributed by atoms with Gasteiger partial charge in [0.2, 0.25) is 5.91 Å². The molecule has 0 saturated carbocycles. The highest BCUT2D eigenvalue weighted by Crippen LogP contribution is 2.21. The Morgan fingerprint density at radius 2 is 2.00 bits per heavy atom. The summed E-state index contributed by atoms with van der Waals surface area (Å²) in [6, 6.07) is 7.09. The Kier molecular flexibility index (Phi) is 6.51. The van der Waals surface area contributed by atoms with E-state index in [-0.39, 0.29) is 17.9 Å². The van der Waals surface area contributed by atoms with E-state index in [2.05, 4.69) is 4.90 Å². The number of ether oxygens (including phenoxy) is 1. The van der Waals surface area contributed by atoms with E-state index in [0.29, 0.717) is 43.4 Å². The van der Waals surface area contributed by atoms with Crippen LogP contribution < -0.4 is 0 Å². The van der Waals surface area contributed by atoms with Crippen molar-refractivity contribution in [3.8, 4) is 0 Å². The van der Waals surface area contributed by atoms with Gasteiger partial charge in [-0.1, -0.05) is 23.7 Å². The molecule has 2 saturated heterocycles. The van der Waals surface area contributed by atoms with Gasteiger partial charge in [-0.15, -0.1) is 0 Å². The highest BCUT2D eigenvalue weighted by atomic mass is 35.5. The summed E-state index contributed by atoms with van der Waals surface area (Å²) in [6.07, 6.45) is 1.71. The molecule has 0 spiro atoms. The molecule has 26 heavy (non-hydrogen) atoms. The van der Waals surface area contributed by atoms with Gasteiger partial charge in [-0.3, -0.25) is 14.5 Å². The number of carbonyl (C=O) groups excluding carboxylic acids is 2. The molecule has 0 radical (unpaired) electrons. The van der Waals surface area contributed by atoms with Gasteiger partial charge in [0.1, 0.15) is 0 Å². The number of nitrogens with zero attached hydrogens (tertiary/aromatic N) is 3. The third-order valence-electron chi connectivity index (χ3n) is 5.20. The summed E-state index contributed by atoms with van der Waals surface area (Å²) < 4.78 is 5.08. The monoisotopic (exact) mass is 379 g/mol. The number of benzene rings is 1. The van der Waals surface area contributed by atoms with E-state index in [1.165, 1.54) is 0 Å². The van der Waals surface area contributed by atoms with Crippen molar-refractivity contribution in [2.24, 2.45) is 0 Å². The maximum absolute atomic E-state index is 12.8. The third-order valence-corrected chi connectivity index (χ3v) is 5.53. The number of rotatable bonds is 5. The Labute approximate surface area is 159 Å². The number of likely N-dealkylation sites (tertiary alicyclic amines) is 1. The Bertz CT molecular complexity index is 655. The topological polar surface area (TPSA) is 53.1 Å². The van der Waals surface area contributed by atoms with Gasteiger partial charge in [-0.2, -0.15) is 0 Å². The maximum Gasteiger partial charge on any atom is 0.255 e. The standard InChI is InChI=1S/C19H26ClN3O3/c1-26-14-13-23-10-7-17(19(23)25)21-8-4-9-22(12-11-21)18(24)15-5-2-3-6-16(15)20/h2-3,5-6,17H,4,7-14H2,1H3. The van der Waals surface area contributed by atoms with Gasteiger partial charge in [-0.05, 0) is 25.0 Å². The van der Waals surface area contributed by atoms with Gasteiger partial charge in [0.25, 0.3) is 5.91 Å². The number of hydrogen-bond donors (Lipinski definition) is 0. The molecular weight excluding hydrogens is 354 g/mol. The first-order chi connectivity index (χ1) is 12.6. The van der Waals surface area contributed by atoms with Gasteiger partial charge < -0.3 is 14.5 Å². The van der Waals surface area contributed by atoms with Crippen molar-refractivity contribution in [2.45, 2.75) is 18.9 Å². The molecule has 2 aliphatic rings. The predicted molar refractivity (Wildman–Crippen MR) is 100 cm³/mol. The van der Waals surface area contributed by atoms with Crippen LogP contribution in [-0.2, 0) is 9.53 Å². The first kappa shape index (κ1) is 19.1.